The van der Waals surface area contributed by atoms with Gasteiger partial charge in [0.15, 0.2) is 0 Å². The molecule has 0 amide bonds. The molecule has 0 atom stereocenters. The first kappa shape index (κ1) is 20.7. The molecule has 0 aromatic heterocycles. The van der Waals surface area contributed by atoms with E-state index in [1.54, 1.807) is 0 Å². The van der Waals surface area contributed by atoms with Gasteiger partial charge in [-0.25, -0.2) is 0 Å². The Labute approximate surface area is 211 Å². The average Bonchev–Trinajstić information content (AvgIpc) is 2.97. The van der Waals surface area contributed by atoms with Gasteiger partial charge in [0.05, 0.1) is 0 Å². The van der Waals surface area contributed by atoms with Crippen LogP contribution in [0.1, 0.15) is 0 Å². The Bertz CT molecular complexity index is 1850. The second-order valence-electron chi connectivity index (χ2n) is 9.34. The van der Waals surface area contributed by atoms with Crippen LogP contribution < -0.4 is 0 Å². The van der Waals surface area contributed by atoms with Crippen LogP contribution in [0, 0.1) is 0 Å². The molecule has 0 bridgehead atoms. The Kier molecular flexibility index (Phi) is 4.89. The van der Waals surface area contributed by atoms with Crippen LogP contribution in [0.3, 0.4) is 0 Å². The number of rotatable bonds is 3. The van der Waals surface area contributed by atoms with Crippen molar-refractivity contribution in [3.8, 4) is 33.4 Å². The molecule has 7 aromatic rings. The molecular formula is C36H24. The van der Waals surface area contributed by atoms with Crippen molar-refractivity contribution in [2.24, 2.45) is 0 Å². The van der Waals surface area contributed by atoms with E-state index in [9.17, 15) is 0 Å². The van der Waals surface area contributed by atoms with Gasteiger partial charge in [0, 0.05) is 0 Å². The quantitative estimate of drug-likeness (QED) is 0.232. The minimum absolute atomic E-state index is 1.24. The molecule has 0 fully saturated rings. The van der Waals surface area contributed by atoms with Gasteiger partial charge in [-0.2, -0.15) is 0 Å². The highest BCUT2D eigenvalue weighted by Crippen LogP contribution is 2.40. The van der Waals surface area contributed by atoms with Crippen LogP contribution in [0.2, 0.25) is 0 Å². The van der Waals surface area contributed by atoms with Crippen LogP contribution in [0.5, 0.6) is 0 Å². The Morgan fingerprint density at radius 1 is 0.278 bits per heavy atom. The number of hydrogen-bond donors (Lipinski definition) is 0. The van der Waals surface area contributed by atoms with Gasteiger partial charge < -0.3 is 0 Å². The molecule has 7 aromatic carbocycles. The minimum atomic E-state index is 1.24. The SMILES string of the molecule is c1ccc(-c2cccc3c(-c4ccc(-c5cccc6ccccc56)cc4)cc4ccccc4c23)cc1. The van der Waals surface area contributed by atoms with E-state index in [0.717, 1.165) is 0 Å². The lowest BCUT2D eigenvalue weighted by atomic mass is 9.88. The number of hydrogen-bond acceptors (Lipinski definition) is 0. The highest BCUT2D eigenvalue weighted by molar-refractivity contribution is 6.19. The van der Waals surface area contributed by atoms with Crippen molar-refractivity contribution in [1.29, 1.82) is 0 Å². The van der Waals surface area contributed by atoms with Crippen LogP contribution in [-0.4, -0.2) is 0 Å². The summed E-state index contributed by atoms with van der Waals surface area (Å²) in [5, 5.41) is 7.72. The predicted octanol–water partition coefficient (Wildman–Crippen LogP) is 10.1. The summed E-state index contributed by atoms with van der Waals surface area (Å²) in [6.07, 6.45) is 0. The summed E-state index contributed by atoms with van der Waals surface area (Å²) >= 11 is 0. The van der Waals surface area contributed by atoms with E-state index >= 15 is 0 Å². The van der Waals surface area contributed by atoms with E-state index in [0.29, 0.717) is 0 Å². The zero-order valence-electron chi connectivity index (χ0n) is 19.9. The van der Waals surface area contributed by atoms with Gasteiger partial charge in [0.1, 0.15) is 0 Å². The minimum Gasteiger partial charge on any atom is -0.0622 e. The van der Waals surface area contributed by atoms with Gasteiger partial charge in [0.2, 0.25) is 0 Å². The monoisotopic (exact) mass is 456 g/mol. The topological polar surface area (TPSA) is 0 Å². The van der Waals surface area contributed by atoms with Crippen molar-refractivity contribution in [3.63, 3.8) is 0 Å². The van der Waals surface area contributed by atoms with Gasteiger partial charge in [-0.3, -0.25) is 0 Å². The summed E-state index contributed by atoms with van der Waals surface area (Å²) in [4.78, 5) is 0. The average molecular weight is 457 g/mol. The normalized spacial score (nSPS) is 11.3. The molecule has 0 saturated heterocycles. The van der Waals surface area contributed by atoms with Crippen molar-refractivity contribution in [1.82, 2.24) is 0 Å². The molecule has 0 N–H and O–H groups in total. The summed E-state index contributed by atoms with van der Waals surface area (Å²) in [7, 11) is 0. The van der Waals surface area contributed by atoms with E-state index in [1.807, 2.05) is 0 Å². The lowest BCUT2D eigenvalue weighted by Gasteiger charge is -2.15. The van der Waals surface area contributed by atoms with Crippen LogP contribution in [0.25, 0.3) is 65.7 Å². The highest BCUT2D eigenvalue weighted by Gasteiger charge is 2.13. The van der Waals surface area contributed by atoms with Crippen molar-refractivity contribution < 1.29 is 0 Å². The van der Waals surface area contributed by atoms with Crippen LogP contribution in [-0.2, 0) is 0 Å². The second kappa shape index (κ2) is 8.52. The number of benzene rings is 7. The van der Waals surface area contributed by atoms with Crippen LogP contribution >= 0.6 is 0 Å². The summed E-state index contributed by atoms with van der Waals surface area (Å²) < 4.78 is 0. The van der Waals surface area contributed by atoms with Gasteiger partial charge in [0.25, 0.3) is 0 Å². The van der Waals surface area contributed by atoms with E-state index in [4.69, 9.17) is 0 Å². The first-order valence-electron chi connectivity index (χ1n) is 12.5. The number of fused-ring (bicyclic) bond motifs is 4. The fourth-order valence-corrected chi connectivity index (χ4v) is 5.55. The third kappa shape index (κ3) is 3.39. The Balaban J connectivity index is 1.44. The zero-order valence-corrected chi connectivity index (χ0v) is 19.9. The standard InChI is InChI=1S/C36H24/c1-2-10-26(11-3-1)32-18-9-19-34-35(24-29-13-5-7-16-33(29)36(32)34)28-22-20-27(21-23-28)31-17-8-14-25-12-4-6-15-30(25)31/h1-24H. The Morgan fingerprint density at radius 3 is 1.61 bits per heavy atom. The molecule has 0 heteroatoms. The first-order chi connectivity index (χ1) is 17.9. The molecular weight excluding hydrogens is 432 g/mol. The Morgan fingerprint density at radius 2 is 0.806 bits per heavy atom. The third-order valence-corrected chi connectivity index (χ3v) is 7.27. The molecule has 0 radical (unpaired) electrons. The fraction of sp³-hybridized carbons (Fsp3) is 0. The lowest BCUT2D eigenvalue weighted by Crippen LogP contribution is -1.88. The molecule has 7 rings (SSSR count). The van der Waals surface area contributed by atoms with Crippen LogP contribution in [0.4, 0.5) is 0 Å². The molecule has 0 aliphatic rings. The lowest BCUT2D eigenvalue weighted by molar-refractivity contribution is 1.62. The fourth-order valence-electron chi connectivity index (χ4n) is 5.55. The van der Waals surface area contributed by atoms with Gasteiger partial charge in [-0.05, 0) is 71.8 Å². The highest BCUT2D eigenvalue weighted by atomic mass is 14.2. The smallest absolute Gasteiger partial charge is 0.00206 e. The molecule has 0 spiro atoms. The van der Waals surface area contributed by atoms with Crippen molar-refractivity contribution in [3.05, 3.63) is 146 Å². The molecule has 36 heavy (non-hydrogen) atoms. The summed E-state index contributed by atoms with van der Waals surface area (Å²) in [5.74, 6) is 0. The van der Waals surface area contributed by atoms with Crippen molar-refractivity contribution in [2.45, 2.75) is 0 Å². The van der Waals surface area contributed by atoms with Crippen molar-refractivity contribution >= 4 is 32.3 Å². The van der Waals surface area contributed by atoms with E-state index < -0.39 is 0 Å². The second-order valence-corrected chi connectivity index (χ2v) is 9.34. The molecule has 168 valence electrons. The first-order valence-corrected chi connectivity index (χ1v) is 12.5. The Hall–Kier alpha value is -4.68. The largest absolute Gasteiger partial charge is 0.0622 e. The molecule has 0 nitrogen and oxygen atoms in total. The zero-order chi connectivity index (χ0) is 23.9. The van der Waals surface area contributed by atoms with E-state index in [2.05, 4.69) is 146 Å². The molecule has 0 heterocycles. The van der Waals surface area contributed by atoms with Crippen molar-refractivity contribution in [2.75, 3.05) is 0 Å². The predicted molar refractivity (Wildman–Crippen MR) is 155 cm³/mol. The van der Waals surface area contributed by atoms with Gasteiger partial charge in [-0.15, -0.1) is 0 Å². The van der Waals surface area contributed by atoms with Crippen LogP contribution in [0.15, 0.2) is 146 Å². The molecule has 0 unspecified atom stereocenters. The summed E-state index contributed by atoms with van der Waals surface area (Å²) in [6, 6.07) is 52.7. The van der Waals surface area contributed by atoms with E-state index in [-0.39, 0.29) is 0 Å². The third-order valence-electron chi connectivity index (χ3n) is 7.27. The molecule has 0 saturated carbocycles. The van der Waals surface area contributed by atoms with Gasteiger partial charge >= 0.3 is 0 Å². The maximum absolute atomic E-state index is 2.35. The summed E-state index contributed by atoms with van der Waals surface area (Å²) in [5.41, 5.74) is 7.54. The summed E-state index contributed by atoms with van der Waals surface area (Å²) in [6.45, 7) is 0. The molecule has 0 aliphatic heterocycles. The maximum Gasteiger partial charge on any atom is -0.00206 e. The molecule has 0 aliphatic carbocycles. The van der Waals surface area contributed by atoms with E-state index in [1.165, 1.54) is 65.7 Å². The maximum atomic E-state index is 2.35. The van der Waals surface area contributed by atoms with Gasteiger partial charge in [-0.1, -0.05) is 140 Å².